The summed E-state index contributed by atoms with van der Waals surface area (Å²) >= 11 is 0. The Morgan fingerprint density at radius 3 is 2.38 bits per heavy atom. The molecule has 2 fully saturated rings. The van der Waals surface area contributed by atoms with Gasteiger partial charge in [-0.25, -0.2) is 17.7 Å². The third kappa shape index (κ3) is 5.89. The summed E-state index contributed by atoms with van der Waals surface area (Å²) in [5.41, 5.74) is -1.06. The van der Waals surface area contributed by atoms with E-state index in [1.807, 2.05) is 0 Å². The van der Waals surface area contributed by atoms with Gasteiger partial charge in [0.25, 0.3) is 15.9 Å². The highest BCUT2D eigenvalue weighted by atomic mass is 32.2. The van der Waals surface area contributed by atoms with Crippen LogP contribution in [0, 0.1) is 11.3 Å². The number of methoxy groups -OCH3 is 1. The number of hydrogen-bond acceptors (Lipinski definition) is 10. The molecule has 0 aliphatic carbocycles. The largest absolute Gasteiger partial charge is 0.497 e. The number of anilines is 1. The molecule has 12 nitrogen and oxygen atoms in total. The summed E-state index contributed by atoms with van der Waals surface area (Å²) in [6, 6.07) is 16.0. The monoisotopic (exact) mass is 672 g/mol. The predicted molar refractivity (Wildman–Crippen MR) is 178 cm³/mol. The minimum absolute atomic E-state index is 0.0704. The molecule has 0 saturated carbocycles. The maximum Gasteiger partial charge on any atom is 0.270 e. The van der Waals surface area contributed by atoms with Crippen molar-refractivity contribution < 1.29 is 27.5 Å². The number of nitriles is 1. The molecule has 3 aliphatic heterocycles. The van der Waals surface area contributed by atoms with Gasteiger partial charge in [0, 0.05) is 50.4 Å². The number of fused-ring (bicyclic) bond motifs is 1. The fraction of sp³-hybridized carbons (Fsp3) is 0.429. The number of sulfonamides is 1. The molecule has 1 unspecified atom stereocenters. The topological polar surface area (TPSA) is 136 Å². The summed E-state index contributed by atoms with van der Waals surface area (Å²) in [6.45, 7) is 6.48. The minimum atomic E-state index is -4.49. The lowest BCUT2D eigenvalue weighted by atomic mass is 9.72. The summed E-state index contributed by atoms with van der Waals surface area (Å²) in [6.07, 6.45) is 3.31. The Morgan fingerprint density at radius 2 is 1.73 bits per heavy atom. The molecule has 0 bridgehead atoms. The standard InChI is InChI=1S/C35H40N6O6S/c1-4-47-33-29(6-5-15-37-33)35(23-32(42)40-20-18-39(19-21-40)26-13-16-38(2)17-14-26)30-22-25(24-36)7-12-31(30)41(34(35)43)48(44,45)28-10-8-27(46-3)9-11-28/h5-12,15,22,26H,4,13-14,16-21,23H2,1-3H3. The number of amides is 2. The van der Waals surface area contributed by atoms with E-state index < -0.39 is 21.3 Å². The highest BCUT2D eigenvalue weighted by Crippen LogP contribution is 2.52. The predicted octanol–water partition coefficient (Wildman–Crippen LogP) is 3.01. The quantitative estimate of drug-likeness (QED) is 0.334. The van der Waals surface area contributed by atoms with Gasteiger partial charge in [0.2, 0.25) is 11.8 Å². The molecule has 2 saturated heterocycles. The van der Waals surface area contributed by atoms with Crippen LogP contribution in [0.3, 0.4) is 0 Å². The summed E-state index contributed by atoms with van der Waals surface area (Å²) in [5, 5.41) is 9.90. The van der Waals surface area contributed by atoms with Crippen LogP contribution in [0.4, 0.5) is 5.69 Å². The van der Waals surface area contributed by atoms with Gasteiger partial charge in [-0.15, -0.1) is 0 Å². The molecule has 4 heterocycles. The normalized spacial score (nSPS) is 20.8. The van der Waals surface area contributed by atoms with E-state index in [0.717, 1.165) is 30.2 Å². The van der Waals surface area contributed by atoms with Crippen molar-refractivity contribution in [1.29, 1.82) is 5.26 Å². The van der Waals surface area contributed by atoms with Crippen LogP contribution in [0.1, 0.15) is 42.9 Å². The molecule has 0 spiro atoms. The second-order valence-corrected chi connectivity index (χ2v) is 14.2. The number of carbonyl (C=O) groups is 2. The first kappa shape index (κ1) is 33.4. The Bertz CT molecular complexity index is 1830. The molecule has 3 aliphatic rings. The molecule has 13 heteroatoms. The first-order valence-electron chi connectivity index (χ1n) is 16.2. The molecule has 0 N–H and O–H groups in total. The van der Waals surface area contributed by atoms with E-state index in [1.54, 1.807) is 24.0 Å². The highest BCUT2D eigenvalue weighted by molar-refractivity contribution is 7.93. The van der Waals surface area contributed by atoms with E-state index in [2.05, 4.69) is 27.9 Å². The van der Waals surface area contributed by atoms with Gasteiger partial charge in [0.05, 0.1) is 35.9 Å². The SMILES string of the molecule is CCOc1ncccc1C1(CC(=O)N2CCN(C3CCN(C)CC3)CC2)C(=O)N(S(=O)(=O)c2ccc(OC)cc2)c2ccc(C#N)cc21. The first-order valence-corrected chi connectivity index (χ1v) is 17.6. The van der Waals surface area contributed by atoms with Crippen LogP contribution in [0.5, 0.6) is 11.6 Å². The number of rotatable bonds is 9. The Hall–Kier alpha value is -4.51. The summed E-state index contributed by atoms with van der Waals surface area (Å²) in [4.78, 5) is 40.2. The minimum Gasteiger partial charge on any atom is -0.497 e. The molecule has 0 radical (unpaired) electrons. The molecule has 2 amide bonds. The van der Waals surface area contributed by atoms with Gasteiger partial charge in [-0.2, -0.15) is 5.26 Å². The molecule has 2 aromatic carbocycles. The van der Waals surface area contributed by atoms with Gasteiger partial charge in [0.1, 0.15) is 11.2 Å². The Kier molecular flexibility index (Phi) is 9.42. The van der Waals surface area contributed by atoms with Crippen molar-refractivity contribution in [1.82, 2.24) is 19.7 Å². The molecular weight excluding hydrogens is 632 g/mol. The van der Waals surface area contributed by atoms with Crippen molar-refractivity contribution in [3.8, 4) is 17.7 Å². The third-order valence-corrected chi connectivity index (χ3v) is 11.5. The van der Waals surface area contributed by atoms with E-state index in [9.17, 15) is 18.5 Å². The van der Waals surface area contributed by atoms with Gasteiger partial charge in [-0.1, -0.05) is 6.07 Å². The zero-order valence-corrected chi connectivity index (χ0v) is 28.3. The van der Waals surface area contributed by atoms with Gasteiger partial charge in [-0.05, 0) is 94.0 Å². The lowest BCUT2D eigenvalue weighted by Crippen LogP contribution is -2.55. The number of hydrogen-bond donors (Lipinski definition) is 0. The number of benzene rings is 2. The van der Waals surface area contributed by atoms with E-state index >= 15 is 4.79 Å². The number of nitrogens with zero attached hydrogens (tertiary/aromatic N) is 6. The van der Waals surface area contributed by atoms with Crippen LogP contribution in [-0.4, -0.2) is 106 Å². The van der Waals surface area contributed by atoms with Crippen LogP contribution in [0.2, 0.25) is 0 Å². The van der Waals surface area contributed by atoms with Crippen LogP contribution in [0.15, 0.2) is 65.7 Å². The van der Waals surface area contributed by atoms with Gasteiger partial charge < -0.3 is 19.3 Å². The van der Waals surface area contributed by atoms with E-state index in [0.29, 0.717) is 38.0 Å². The average Bonchev–Trinajstić information content (AvgIpc) is 3.36. The molecule has 6 rings (SSSR count). The van der Waals surface area contributed by atoms with Crippen molar-refractivity contribution in [2.24, 2.45) is 0 Å². The molecule has 1 atom stereocenters. The lowest BCUT2D eigenvalue weighted by Gasteiger charge is -2.42. The number of piperazine rings is 1. The zero-order valence-electron chi connectivity index (χ0n) is 27.5. The Morgan fingerprint density at radius 1 is 1.02 bits per heavy atom. The summed E-state index contributed by atoms with van der Waals surface area (Å²) < 4.78 is 40.5. The number of carbonyl (C=O) groups excluding carboxylic acids is 2. The second-order valence-electron chi connectivity index (χ2n) is 12.4. The van der Waals surface area contributed by atoms with Crippen LogP contribution in [0.25, 0.3) is 0 Å². The molecule has 48 heavy (non-hydrogen) atoms. The fourth-order valence-electron chi connectivity index (χ4n) is 7.14. The van der Waals surface area contributed by atoms with Crippen molar-refractivity contribution in [2.75, 3.05) is 64.3 Å². The Balaban J connectivity index is 1.43. The first-order chi connectivity index (χ1) is 23.1. The number of piperidine rings is 1. The molecular formula is C35H40N6O6S. The van der Waals surface area contributed by atoms with Crippen LogP contribution >= 0.6 is 0 Å². The molecule has 1 aromatic heterocycles. The average molecular weight is 673 g/mol. The maximum atomic E-state index is 15.1. The summed E-state index contributed by atoms with van der Waals surface area (Å²) in [7, 11) is -0.880. The smallest absolute Gasteiger partial charge is 0.270 e. The second kappa shape index (κ2) is 13.5. The van der Waals surface area contributed by atoms with Gasteiger partial charge >= 0.3 is 0 Å². The van der Waals surface area contributed by atoms with Gasteiger partial charge in [-0.3, -0.25) is 14.5 Å². The van der Waals surface area contributed by atoms with Crippen LogP contribution in [-0.2, 0) is 25.0 Å². The van der Waals surface area contributed by atoms with Crippen molar-refractivity contribution in [3.63, 3.8) is 0 Å². The van der Waals surface area contributed by atoms with Crippen molar-refractivity contribution >= 4 is 27.5 Å². The molecule has 3 aromatic rings. The number of pyridine rings is 1. The Labute approximate surface area is 281 Å². The van der Waals surface area contributed by atoms with E-state index in [-0.39, 0.29) is 52.1 Å². The number of ether oxygens (including phenoxy) is 2. The molecule has 252 valence electrons. The number of likely N-dealkylation sites (tertiary alicyclic amines) is 1. The zero-order chi connectivity index (χ0) is 34.1. The lowest BCUT2D eigenvalue weighted by molar-refractivity contribution is -0.137. The van der Waals surface area contributed by atoms with Crippen molar-refractivity contribution in [2.45, 2.75) is 42.5 Å². The van der Waals surface area contributed by atoms with E-state index in [1.165, 1.54) is 55.8 Å². The third-order valence-electron chi connectivity index (χ3n) is 9.75. The number of aromatic nitrogens is 1. The fourth-order valence-corrected chi connectivity index (χ4v) is 8.63. The van der Waals surface area contributed by atoms with E-state index in [4.69, 9.17) is 9.47 Å². The maximum absolute atomic E-state index is 15.1. The van der Waals surface area contributed by atoms with Gasteiger partial charge in [0.15, 0.2) is 0 Å². The highest BCUT2D eigenvalue weighted by Gasteiger charge is 2.58. The van der Waals surface area contributed by atoms with Crippen LogP contribution < -0.4 is 13.8 Å². The van der Waals surface area contributed by atoms with Crippen molar-refractivity contribution in [3.05, 3.63) is 77.5 Å². The summed E-state index contributed by atoms with van der Waals surface area (Å²) in [5.74, 6) is -0.566.